The van der Waals surface area contributed by atoms with Gasteiger partial charge in [-0.15, -0.1) is 0 Å². The maximum absolute atomic E-state index is 13.9. The summed E-state index contributed by atoms with van der Waals surface area (Å²) in [5, 5.41) is 0. The quantitative estimate of drug-likeness (QED) is 0.761. The largest absolute Gasteiger partial charge is 0.330 e. The molecule has 2 N–H and O–H groups in total. The molecule has 0 amide bonds. The van der Waals surface area contributed by atoms with E-state index >= 15 is 0 Å². The van der Waals surface area contributed by atoms with Crippen molar-refractivity contribution in [3.63, 3.8) is 0 Å². The smallest absolute Gasteiger partial charge is 0.127 e. The van der Waals surface area contributed by atoms with Gasteiger partial charge in [0, 0.05) is 12.0 Å². The zero-order valence-corrected chi connectivity index (χ0v) is 9.71. The van der Waals surface area contributed by atoms with E-state index in [-0.39, 0.29) is 11.2 Å². The van der Waals surface area contributed by atoms with Crippen molar-refractivity contribution in [3.05, 3.63) is 35.6 Å². The molecule has 88 valence electrons. The van der Waals surface area contributed by atoms with E-state index in [1.54, 1.807) is 12.1 Å². The van der Waals surface area contributed by atoms with Crippen LogP contribution in [0.15, 0.2) is 24.3 Å². The van der Waals surface area contributed by atoms with Gasteiger partial charge in [-0.25, -0.2) is 4.39 Å². The van der Waals surface area contributed by atoms with Crippen LogP contribution in [0.1, 0.15) is 44.1 Å². The second-order valence-electron chi connectivity index (χ2n) is 4.88. The Morgan fingerprint density at radius 1 is 1.06 bits per heavy atom. The van der Waals surface area contributed by atoms with E-state index in [0.717, 1.165) is 18.4 Å². The van der Waals surface area contributed by atoms with E-state index in [0.29, 0.717) is 6.54 Å². The molecule has 0 bridgehead atoms. The molecule has 1 saturated carbocycles. The first kappa shape index (κ1) is 11.6. The van der Waals surface area contributed by atoms with Crippen LogP contribution in [0.4, 0.5) is 4.39 Å². The number of rotatable bonds is 2. The first-order valence-corrected chi connectivity index (χ1v) is 6.24. The van der Waals surface area contributed by atoms with Gasteiger partial charge in [-0.05, 0) is 24.5 Å². The van der Waals surface area contributed by atoms with Crippen LogP contribution >= 0.6 is 0 Å². The molecule has 16 heavy (non-hydrogen) atoms. The summed E-state index contributed by atoms with van der Waals surface area (Å²) in [6.45, 7) is 0.563. The van der Waals surface area contributed by atoms with E-state index in [4.69, 9.17) is 5.73 Å². The van der Waals surface area contributed by atoms with Crippen LogP contribution in [0.5, 0.6) is 0 Å². The van der Waals surface area contributed by atoms with Gasteiger partial charge in [0.15, 0.2) is 0 Å². The Morgan fingerprint density at radius 2 is 1.69 bits per heavy atom. The molecule has 0 radical (unpaired) electrons. The first-order valence-electron chi connectivity index (χ1n) is 6.24. The molecule has 1 fully saturated rings. The average molecular weight is 221 g/mol. The third-order valence-electron chi connectivity index (χ3n) is 3.90. The molecule has 1 aromatic carbocycles. The van der Waals surface area contributed by atoms with Crippen molar-refractivity contribution in [1.82, 2.24) is 0 Å². The van der Waals surface area contributed by atoms with Gasteiger partial charge >= 0.3 is 0 Å². The third kappa shape index (κ3) is 2.12. The summed E-state index contributed by atoms with van der Waals surface area (Å²) in [5.41, 5.74) is 6.67. The van der Waals surface area contributed by atoms with Gasteiger partial charge in [0.05, 0.1) is 0 Å². The molecule has 2 heteroatoms. The molecule has 0 atom stereocenters. The molecule has 0 spiro atoms. The van der Waals surface area contributed by atoms with Gasteiger partial charge in [0.2, 0.25) is 0 Å². The summed E-state index contributed by atoms with van der Waals surface area (Å²) in [4.78, 5) is 0. The van der Waals surface area contributed by atoms with Crippen molar-refractivity contribution in [2.45, 2.75) is 43.9 Å². The molecule has 1 aliphatic rings. The zero-order chi connectivity index (χ0) is 11.4. The Morgan fingerprint density at radius 3 is 2.25 bits per heavy atom. The molecule has 0 saturated heterocycles. The van der Waals surface area contributed by atoms with Gasteiger partial charge in [-0.1, -0.05) is 43.9 Å². The topological polar surface area (TPSA) is 26.0 Å². The van der Waals surface area contributed by atoms with Crippen LogP contribution in [0.3, 0.4) is 0 Å². The number of nitrogens with two attached hydrogens (primary N) is 1. The number of hydrogen-bond donors (Lipinski definition) is 1. The van der Waals surface area contributed by atoms with Crippen molar-refractivity contribution in [2.24, 2.45) is 5.73 Å². The molecular weight excluding hydrogens is 201 g/mol. The molecule has 0 heterocycles. The van der Waals surface area contributed by atoms with E-state index in [1.165, 1.54) is 25.7 Å². The lowest BCUT2D eigenvalue weighted by Gasteiger charge is -2.32. The van der Waals surface area contributed by atoms with Crippen LogP contribution in [-0.2, 0) is 5.41 Å². The fraction of sp³-hybridized carbons (Fsp3) is 0.571. The summed E-state index contributed by atoms with van der Waals surface area (Å²) < 4.78 is 13.9. The SMILES string of the molecule is NCC1(c2ccccc2F)CCCCCC1. The first-order chi connectivity index (χ1) is 7.78. The summed E-state index contributed by atoms with van der Waals surface area (Å²) in [7, 11) is 0. The fourth-order valence-electron chi connectivity index (χ4n) is 2.88. The number of halogens is 1. The lowest BCUT2D eigenvalue weighted by Crippen LogP contribution is -2.35. The van der Waals surface area contributed by atoms with Crippen molar-refractivity contribution in [1.29, 1.82) is 0 Å². The second kappa shape index (κ2) is 4.96. The molecule has 1 nitrogen and oxygen atoms in total. The number of hydrogen-bond acceptors (Lipinski definition) is 1. The van der Waals surface area contributed by atoms with E-state index in [9.17, 15) is 4.39 Å². The highest BCUT2D eigenvalue weighted by molar-refractivity contribution is 5.28. The van der Waals surface area contributed by atoms with Crippen molar-refractivity contribution >= 4 is 0 Å². The van der Waals surface area contributed by atoms with Crippen LogP contribution in [0.2, 0.25) is 0 Å². The zero-order valence-electron chi connectivity index (χ0n) is 9.71. The highest BCUT2D eigenvalue weighted by Crippen LogP contribution is 2.38. The molecule has 0 aromatic heterocycles. The Labute approximate surface area is 96.9 Å². The van der Waals surface area contributed by atoms with Crippen molar-refractivity contribution in [2.75, 3.05) is 6.54 Å². The third-order valence-corrected chi connectivity index (χ3v) is 3.90. The summed E-state index contributed by atoms with van der Waals surface area (Å²) >= 11 is 0. The predicted octanol–water partition coefficient (Wildman–Crippen LogP) is 3.38. The molecule has 0 aliphatic heterocycles. The standard InChI is InChI=1S/C14H20FN/c15-13-8-4-3-7-12(13)14(11-16)9-5-1-2-6-10-14/h3-4,7-8H,1-2,5-6,9-11,16H2. The minimum atomic E-state index is -0.109. The molecule has 0 unspecified atom stereocenters. The Hall–Kier alpha value is -0.890. The Balaban J connectivity index is 2.36. The molecular formula is C14H20FN. The van der Waals surface area contributed by atoms with E-state index in [1.807, 2.05) is 12.1 Å². The Bertz CT molecular complexity index is 340. The highest BCUT2D eigenvalue weighted by Gasteiger charge is 2.33. The maximum atomic E-state index is 13.9. The van der Waals surface area contributed by atoms with Crippen LogP contribution < -0.4 is 5.73 Å². The van der Waals surface area contributed by atoms with Gasteiger partial charge in [0.25, 0.3) is 0 Å². The number of benzene rings is 1. The fourth-order valence-corrected chi connectivity index (χ4v) is 2.88. The second-order valence-corrected chi connectivity index (χ2v) is 4.88. The summed E-state index contributed by atoms with van der Waals surface area (Å²) in [5.74, 6) is -0.0881. The average Bonchev–Trinajstić information content (AvgIpc) is 2.56. The van der Waals surface area contributed by atoms with Gasteiger partial charge in [0.1, 0.15) is 5.82 Å². The molecule has 2 rings (SSSR count). The van der Waals surface area contributed by atoms with E-state index < -0.39 is 0 Å². The normalized spacial score (nSPS) is 20.4. The van der Waals surface area contributed by atoms with Crippen LogP contribution in [0, 0.1) is 5.82 Å². The molecule has 1 aromatic rings. The minimum Gasteiger partial charge on any atom is -0.330 e. The van der Waals surface area contributed by atoms with Crippen molar-refractivity contribution in [3.8, 4) is 0 Å². The Kier molecular flexibility index (Phi) is 3.59. The maximum Gasteiger partial charge on any atom is 0.127 e. The summed E-state index contributed by atoms with van der Waals surface area (Å²) in [6, 6.07) is 7.13. The monoisotopic (exact) mass is 221 g/mol. The van der Waals surface area contributed by atoms with Gasteiger partial charge in [-0.2, -0.15) is 0 Å². The van der Waals surface area contributed by atoms with Crippen molar-refractivity contribution < 1.29 is 4.39 Å². The van der Waals surface area contributed by atoms with Crippen LogP contribution in [-0.4, -0.2) is 6.54 Å². The highest BCUT2D eigenvalue weighted by atomic mass is 19.1. The lowest BCUT2D eigenvalue weighted by atomic mass is 9.74. The predicted molar refractivity (Wildman–Crippen MR) is 64.8 cm³/mol. The minimum absolute atomic E-state index is 0.0881. The lowest BCUT2D eigenvalue weighted by molar-refractivity contribution is 0.364. The summed E-state index contributed by atoms with van der Waals surface area (Å²) in [6.07, 6.45) is 6.93. The van der Waals surface area contributed by atoms with Gasteiger partial charge < -0.3 is 5.73 Å². The molecule has 1 aliphatic carbocycles. The van der Waals surface area contributed by atoms with Gasteiger partial charge in [-0.3, -0.25) is 0 Å². The van der Waals surface area contributed by atoms with E-state index in [2.05, 4.69) is 0 Å². The van der Waals surface area contributed by atoms with Crippen LogP contribution in [0.25, 0.3) is 0 Å².